The topological polar surface area (TPSA) is 35.6 Å². The Kier molecular flexibility index (Phi) is 5.89. The van der Waals surface area contributed by atoms with Crippen molar-refractivity contribution in [1.82, 2.24) is 9.80 Å². The number of hydrogen-bond acceptors (Lipinski definition) is 2. The number of urea groups is 1. The van der Waals surface area contributed by atoms with E-state index in [0.717, 1.165) is 36.4 Å². The van der Waals surface area contributed by atoms with Gasteiger partial charge >= 0.3 is 6.03 Å². The maximum absolute atomic E-state index is 13.7. The average Bonchev–Trinajstić information content (AvgIpc) is 2.65. The van der Waals surface area contributed by atoms with Crippen LogP contribution in [0.1, 0.15) is 16.7 Å². The van der Waals surface area contributed by atoms with Crippen LogP contribution in [0.2, 0.25) is 0 Å². The highest BCUT2D eigenvalue weighted by Crippen LogP contribution is 2.19. The monoisotopic (exact) mass is 355 g/mol. The van der Waals surface area contributed by atoms with E-state index in [4.69, 9.17) is 0 Å². The largest absolute Gasteiger partial charge is 0.322 e. The zero-order chi connectivity index (χ0) is 18.5. The summed E-state index contributed by atoms with van der Waals surface area (Å²) in [6.45, 7) is 7.88. The number of nitrogens with one attached hydrogen (secondary N) is 1. The Labute approximate surface area is 154 Å². The van der Waals surface area contributed by atoms with E-state index in [-0.39, 0.29) is 11.8 Å². The molecule has 2 amide bonds. The summed E-state index contributed by atoms with van der Waals surface area (Å²) >= 11 is 0. The third-order valence-corrected chi connectivity index (χ3v) is 5.16. The number of halogens is 1. The molecule has 26 heavy (non-hydrogen) atoms. The Morgan fingerprint density at radius 1 is 1.04 bits per heavy atom. The third-order valence-electron chi connectivity index (χ3n) is 5.16. The lowest BCUT2D eigenvalue weighted by Gasteiger charge is -2.34. The number of piperazine rings is 1. The van der Waals surface area contributed by atoms with Gasteiger partial charge in [-0.2, -0.15) is 0 Å². The Hall–Kier alpha value is -2.40. The van der Waals surface area contributed by atoms with E-state index in [1.165, 1.54) is 11.6 Å². The van der Waals surface area contributed by atoms with Gasteiger partial charge in [-0.3, -0.25) is 4.90 Å². The SMILES string of the molecule is Cc1cccc(NC(=O)N2CCN(CCc3ccccc3F)CC2)c1C. The molecular formula is C21H26FN3O. The number of anilines is 1. The Morgan fingerprint density at radius 2 is 1.77 bits per heavy atom. The molecule has 0 atom stereocenters. The first kappa shape index (κ1) is 18.4. The van der Waals surface area contributed by atoms with E-state index < -0.39 is 0 Å². The molecule has 2 aromatic rings. The van der Waals surface area contributed by atoms with Crippen LogP contribution >= 0.6 is 0 Å². The highest BCUT2D eigenvalue weighted by Gasteiger charge is 2.21. The molecule has 2 aromatic carbocycles. The van der Waals surface area contributed by atoms with Crippen LogP contribution in [-0.4, -0.2) is 48.6 Å². The van der Waals surface area contributed by atoms with Gasteiger partial charge in [-0.25, -0.2) is 9.18 Å². The van der Waals surface area contributed by atoms with Gasteiger partial charge in [0.25, 0.3) is 0 Å². The summed E-state index contributed by atoms with van der Waals surface area (Å²) in [7, 11) is 0. The normalized spacial score (nSPS) is 15.1. The Bertz CT molecular complexity index is 770. The van der Waals surface area contributed by atoms with Crippen LogP contribution < -0.4 is 5.32 Å². The molecule has 0 spiro atoms. The smallest absolute Gasteiger partial charge is 0.321 e. The molecule has 0 saturated carbocycles. The van der Waals surface area contributed by atoms with E-state index in [9.17, 15) is 9.18 Å². The summed E-state index contributed by atoms with van der Waals surface area (Å²) in [5, 5.41) is 3.02. The summed E-state index contributed by atoms with van der Waals surface area (Å²) in [4.78, 5) is 16.6. The second-order valence-corrected chi connectivity index (χ2v) is 6.85. The molecule has 0 unspecified atom stereocenters. The number of rotatable bonds is 4. The van der Waals surface area contributed by atoms with Gasteiger partial charge in [0, 0.05) is 38.4 Å². The fourth-order valence-corrected chi connectivity index (χ4v) is 3.24. The van der Waals surface area contributed by atoms with Crippen LogP contribution in [0.25, 0.3) is 0 Å². The van der Waals surface area contributed by atoms with Crippen molar-refractivity contribution in [1.29, 1.82) is 0 Å². The molecule has 0 aromatic heterocycles. The van der Waals surface area contributed by atoms with Crippen molar-refractivity contribution in [2.24, 2.45) is 0 Å². The van der Waals surface area contributed by atoms with Crippen molar-refractivity contribution in [2.75, 3.05) is 38.0 Å². The predicted molar refractivity (Wildman–Crippen MR) is 103 cm³/mol. The lowest BCUT2D eigenvalue weighted by Crippen LogP contribution is -2.50. The van der Waals surface area contributed by atoms with Gasteiger partial charge in [-0.05, 0) is 49.1 Å². The standard InChI is InChI=1S/C21H26FN3O/c1-16-6-5-9-20(17(16)2)23-21(26)25-14-12-24(13-15-25)11-10-18-7-3-4-8-19(18)22/h3-9H,10-15H2,1-2H3,(H,23,26). The van der Waals surface area contributed by atoms with Crippen LogP contribution in [0.3, 0.4) is 0 Å². The fourth-order valence-electron chi connectivity index (χ4n) is 3.24. The van der Waals surface area contributed by atoms with Crippen molar-refractivity contribution in [3.05, 3.63) is 65.0 Å². The zero-order valence-electron chi connectivity index (χ0n) is 15.5. The van der Waals surface area contributed by atoms with Gasteiger partial charge in [-0.1, -0.05) is 30.3 Å². The molecule has 3 rings (SSSR count). The summed E-state index contributed by atoms with van der Waals surface area (Å²) in [5.74, 6) is -0.140. The quantitative estimate of drug-likeness (QED) is 0.905. The molecule has 1 fully saturated rings. The Morgan fingerprint density at radius 3 is 2.50 bits per heavy atom. The summed E-state index contributed by atoms with van der Waals surface area (Å²) in [5.41, 5.74) is 3.89. The molecular weight excluding hydrogens is 329 g/mol. The third kappa shape index (κ3) is 4.41. The number of carbonyl (C=O) groups is 1. The number of amides is 2. The van der Waals surface area contributed by atoms with Gasteiger partial charge in [0.1, 0.15) is 5.82 Å². The average molecular weight is 355 g/mol. The van der Waals surface area contributed by atoms with Gasteiger partial charge < -0.3 is 10.2 Å². The van der Waals surface area contributed by atoms with Crippen molar-refractivity contribution in [3.63, 3.8) is 0 Å². The minimum absolute atomic E-state index is 0.0487. The van der Waals surface area contributed by atoms with Crippen molar-refractivity contribution < 1.29 is 9.18 Å². The van der Waals surface area contributed by atoms with Gasteiger partial charge in [-0.15, -0.1) is 0 Å². The molecule has 1 aliphatic heterocycles. The van der Waals surface area contributed by atoms with Gasteiger partial charge in [0.05, 0.1) is 0 Å². The first-order valence-corrected chi connectivity index (χ1v) is 9.12. The number of aryl methyl sites for hydroxylation is 1. The summed E-state index contributed by atoms with van der Waals surface area (Å²) in [6.07, 6.45) is 0.696. The number of benzene rings is 2. The minimum atomic E-state index is -0.140. The lowest BCUT2D eigenvalue weighted by molar-refractivity contribution is 0.148. The van der Waals surface area contributed by atoms with Crippen molar-refractivity contribution in [3.8, 4) is 0 Å². The van der Waals surface area contributed by atoms with E-state index in [0.29, 0.717) is 19.5 Å². The van der Waals surface area contributed by atoms with Crippen LogP contribution in [0.4, 0.5) is 14.9 Å². The van der Waals surface area contributed by atoms with Gasteiger partial charge in [0.2, 0.25) is 0 Å². The van der Waals surface area contributed by atoms with E-state index >= 15 is 0 Å². The molecule has 1 aliphatic rings. The fraction of sp³-hybridized carbons (Fsp3) is 0.381. The molecule has 1 saturated heterocycles. The maximum atomic E-state index is 13.7. The molecule has 5 heteroatoms. The summed E-state index contributed by atoms with van der Waals surface area (Å²) in [6, 6.07) is 12.8. The second kappa shape index (κ2) is 8.32. The van der Waals surface area contributed by atoms with Gasteiger partial charge in [0.15, 0.2) is 0 Å². The minimum Gasteiger partial charge on any atom is -0.322 e. The van der Waals surface area contributed by atoms with Crippen molar-refractivity contribution >= 4 is 11.7 Å². The zero-order valence-corrected chi connectivity index (χ0v) is 15.5. The Balaban J connectivity index is 1.48. The van der Waals surface area contributed by atoms with E-state index in [2.05, 4.69) is 10.2 Å². The number of hydrogen-bond donors (Lipinski definition) is 1. The lowest BCUT2D eigenvalue weighted by atomic mass is 10.1. The molecule has 138 valence electrons. The highest BCUT2D eigenvalue weighted by molar-refractivity contribution is 5.90. The molecule has 0 bridgehead atoms. The molecule has 4 nitrogen and oxygen atoms in total. The highest BCUT2D eigenvalue weighted by atomic mass is 19.1. The van der Waals surface area contributed by atoms with Crippen LogP contribution in [0.5, 0.6) is 0 Å². The van der Waals surface area contributed by atoms with E-state index in [1.54, 1.807) is 6.07 Å². The van der Waals surface area contributed by atoms with Crippen LogP contribution in [0.15, 0.2) is 42.5 Å². The number of nitrogens with zero attached hydrogens (tertiary/aromatic N) is 2. The number of carbonyl (C=O) groups excluding carboxylic acids is 1. The first-order chi connectivity index (χ1) is 12.5. The molecule has 0 aliphatic carbocycles. The molecule has 1 heterocycles. The first-order valence-electron chi connectivity index (χ1n) is 9.12. The van der Waals surface area contributed by atoms with Crippen LogP contribution in [-0.2, 0) is 6.42 Å². The second-order valence-electron chi connectivity index (χ2n) is 6.85. The van der Waals surface area contributed by atoms with Crippen LogP contribution in [0, 0.1) is 19.7 Å². The summed E-state index contributed by atoms with van der Waals surface area (Å²) < 4.78 is 13.7. The predicted octanol–water partition coefficient (Wildman–Crippen LogP) is 3.83. The maximum Gasteiger partial charge on any atom is 0.321 e. The molecule has 0 radical (unpaired) electrons. The van der Waals surface area contributed by atoms with E-state index in [1.807, 2.05) is 49.1 Å². The molecule has 1 N–H and O–H groups in total. The van der Waals surface area contributed by atoms with Crippen molar-refractivity contribution in [2.45, 2.75) is 20.3 Å².